The number of sulfonamides is 1. The number of hydrogen-bond donors (Lipinski definition) is 1. The van der Waals surface area contributed by atoms with Crippen molar-refractivity contribution in [3.63, 3.8) is 0 Å². The molecule has 1 N–H and O–H groups in total. The molecular weight excluding hydrogens is 352 g/mol. The standard InChI is InChI=1S/C19H26N2O4S/c1-15(22)21(14-17-6-5-13-25-17)12-11-20-26(23,24)18-9-7-16(8-10-18)19(2,3)4/h5-10,13,20H,11-12,14H2,1-4H3. The van der Waals surface area contributed by atoms with Gasteiger partial charge < -0.3 is 9.32 Å². The minimum absolute atomic E-state index is 0.0381. The molecule has 142 valence electrons. The summed E-state index contributed by atoms with van der Waals surface area (Å²) in [4.78, 5) is 13.5. The maximum absolute atomic E-state index is 12.4. The van der Waals surface area contributed by atoms with E-state index in [-0.39, 0.29) is 29.3 Å². The highest BCUT2D eigenvalue weighted by molar-refractivity contribution is 7.89. The second-order valence-corrected chi connectivity index (χ2v) is 8.96. The van der Waals surface area contributed by atoms with Crippen molar-refractivity contribution in [3.8, 4) is 0 Å². The summed E-state index contributed by atoms with van der Waals surface area (Å²) in [6, 6.07) is 10.4. The van der Waals surface area contributed by atoms with Gasteiger partial charge >= 0.3 is 0 Å². The molecule has 6 nitrogen and oxygen atoms in total. The number of benzene rings is 1. The van der Waals surface area contributed by atoms with E-state index in [9.17, 15) is 13.2 Å². The second kappa shape index (κ2) is 8.05. The molecule has 1 aromatic carbocycles. The van der Waals surface area contributed by atoms with Gasteiger partial charge in [-0.15, -0.1) is 0 Å². The molecule has 0 saturated carbocycles. The Balaban J connectivity index is 1.97. The van der Waals surface area contributed by atoms with Crippen LogP contribution >= 0.6 is 0 Å². The van der Waals surface area contributed by atoms with Crippen molar-refractivity contribution in [2.45, 2.75) is 44.6 Å². The van der Waals surface area contributed by atoms with Crippen molar-refractivity contribution >= 4 is 15.9 Å². The van der Waals surface area contributed by atoms with E-state index in [2.05, 4.69) is 25.5 Å². The maximum Gasteiger partial charge on any atom is 0.240 e. The molecule has 2 rings (SSSR count). The Morgan fingerprint density at radius 2 is 1.81 bits per heavy atom. The van der Waals surface area contributed by atoms with Gasteiger partial charge in [0.1, 0.15) is 5.76 Å². The van der Waals surface area contributed by atoms with Crippen LogP contribution in [0.1, 0.15) is 39.0 Å². The van der Waals surface area contributed by atoms with Crippen LogP contribution < -0.4 is 4.72 Å². The van der Waals surface area contributed by atoms with Crippen molar-refractivity contribution in [2.75, 3.05) is 13.1 Å². The SMILES string of the molecule is CC(=O)N(CCNS(=O)(=O)c1ccc(C(C)(C)C)cc1)Cc1ccco1. The molecule has 0 fully saturated rings. The van der Waals surface area contributed by atoms with Crippen LogP contribution in [-0.2, 0) is 26.8 Å². The molecule has 0 radical (unpaired) electrons. The number of carbonyl (C=O) groups excluding carboxylic acids is 1. The van der Waals surface area contributed by atoms with Crippen molar-refractivity contribution in [1.82, 2.24) is 9.62 Å². The van der Waals surface area contributed by atoms with Crippen LogP contribution in [0, 0.1) is 0 Å². The molecule has 0 aliphatic rings. The number of nitrogens with zero attached hydrogens (tertiary/aromatic N) is 1. The summed E-state index contributed by atoms with van der Waals surface area (Å²) in [5, 5.41) is 0. The summed E-state index contributed by atoms with van der Waals surface area (Å²) in [5.41, 5.74) is 1.03. The first-order valence-corrected chi connectivity index (χ1v) is 9.96. The van der Waals surface area contributed by atoms with Crippen LogP contribution in [0.4, 0.5) is 0 Å². The van der Waals surface area contributed by atoms with Gasteiger partial charge in [-0.05, 0) is 35.2 Å². The number of rotatable bonds is 7. The molecule has 2 aromatic rings. The highest BCUT2D eigenvalue weighted by Crippen LogP contribution is 2.23. The van der Waals surface area contributed by atoms with Crippen molar-refractivity contribution in [2.24, 2.45) is 0 Å². The van der Waals surface area contributed by atoms with E-state index in [1.807, 2.05) is 12.1 Å². The molecule has 0 atom stereocenters. The summed E-state index contributed by atoms with van der Waals surface area (Å²) in [7, 11) is -3.62. The quantitative estimate of drug-likeness (QED) is 0.803. The lowest BCUT2D eigenvalue weighted by atomic mass is 9.87. The number of furan rings is 1. The second-order valence-electron chi connectivity index (χ2n) is 7.19. The van der Waals surface area contributed by atoms with Gasteiger partial charge in [-0.25, -0.2) is 13.1 Å². The number of amides is 1. The van der Waals surface area contributed by atoms with Gasteiger partial charge in [0.05, 0.1) is 17.7 Å². The Morgan fingerprint density at radius 3 is 2.31 bits per heavy atom. The fraction of sp³-hybridized carbons (Fsp3) is 0.421. The van der Waals surface area contributed by atoms with E-state index >= 15 is 0 Å². The molecule has 0 bridgehead atoms. The summed E-state index contributed by atoms with van der Waals surface area (Å²) >= 11 is 0. The fourth-order valence-electron chi connectivity index (χ4n) is 2.47. The lowest BCUT2D eigenvalue weighted by molar-refractivity contribution is -0.129. The molecule has 0 unspecified atom stereocenters. The molecule has 0 aliphatic carbocycles. The number of carbonyl (C=O) groups is 1. The molecule has 26 heavy (non-hydrogen) atoms. The van der Waals surface area contributed by atoms with Gasteiger partial charge in [0.25, 0.3) is 0 Å². The summed E-state index contributed by atoms with van der Waals surface area (Å²) in [5.74, 6) is 0.510. The normalized spacial score (nSPS) is 12.2. The van der Waals surface area contributed by atoms with Crippen LogP contribution in [-0.4, -0.2) is 32.3 Å². The zero-order chi connectivity index (χ0) is 19.4. The van der Waals surface area contributed by atoms with Crippen molar-refractivity contribution < 1.29 is 17.6 Å². The van der Waals surface area contributed by atoms with E-state index in [1.165, 1.54) is 18.1 Å². The Labute approximate surface area is 155 Å². The van der Waals surface area contributed by atoms with Crippen LogP contribution in [0.25, 0.3) is 0 Å². The minimum Gasteiger partial charge on any atom is -0.467 e. The van der Waals surface area contributed by atoms with E-state index in [0.717, 1.165) is 5.56 Å². The Hall–Kier alpha value is -2.12. The van der Waals surface area contributed by atoms with Crippen LogP contribution in [0.3, 0.4) is 0 Å². The Morgan fingerprint density at radius 1 is 1.15 bits per heavy atom. The molecule has 0 saturated heterocycles. The van der Waals surface area contributed by atoms with Gasteiger partial charge in [-0.3, -0.25) is 4.79 Å². The van der Waals surface area contributed by atoms with Crippen molar-refractivity contribution in [1.29, 1.82) is 0 Å². The molecule has 0 aliphatic heterocycles. The summed E-state index contributed by atoms with van der Waals surface area (Å²) in [6.45, 7) is 8.37. The van der Waals surface area contributed by atoms with Gasteiger partial charge in [-0.2, -0.15) is 0 Å². The Kier molecular flexibility index (Phi) is 6.26. The minimum atomic E-state index is -3.62. The molecule has 0 spiro atoms. The molecule has 1 aromatic heterocycles. The molecule has 7 heteroatoms. The predicted octanol–water partition coefficient (Wildman–Crippen LogP) is 2.90. The van der Waals surface area contributed by atoms with Gasteiger partial charge in [0.15, 0.2) is 0 Å². The van der Waals surface area contributed by atoms with Crippen LogP contribution in [0.2, 0.25) is 0 Å². The van der Waals surface area contributed by atoms with Gasteiger partial charge in [0.2, 0.25) is 15.9 Å². The smallest absolute Gasteiger partial charge is 0.240 e. The highest BCUT2D eigenvalue weighted by atomic mass is 32.2. The fourth-order valence-corrected chi connectivity index (χ4v) is 3.49. The topological polar surface area (TPSA) is 79.6 Å². The third-order valence-corrected chi connectivity index (χ3v) is 5.55. The maximum atomic E-state index is 12.4. The first kappa shape index (κ1) is 20.2. The summed E-state index contributed by atoms with van der Waals surface area (Å²) < 4.78 is 32.6. The first-order chi connectivity index (χ1) is 12.1. The monoisotopic (exact) mass is 378 g/mol. The third kappa shape index (κ3) is 5.44. The zero-order valence-corrected chi connectivity index (χ0v) is 16.5. The van der Waals surface area contributed by atoms with E-state index in [4.69, 9.17) is 4.42 Å². The van der Waals surface area contributed by atoms with Gasteiger partial charge in [0, 0.05) is 20.0 Å². The lowest BCUT2D eigenvalue weighted by Crippen LogP contribution is -2.37. The van der Waals surface area contributed by atoms with Crippen LogP contribution in [0.15, 0.2) is 52.0 Å². The largest absolute Gasteiger partial charge is 0.467 e. The Bertz CT molecular complexity index is 819. The molecular formula is C19H26N2O4S. The zero-order valence-electron chi connectivity index (χ0n) is 15.7. The van der Waals surface area contributed by atoms with Crippen LogP contribution in [0.5, 0.6) is 0 Å². The average molecular weight is 378 g/mol. The molecule has 1 heterocycles. The number of hydrogen-bond acceptors (Lipinski definition) is 4. The predicted molar refractivity (Wildman–Crippen MR) is 100 cm³/mol. The molecule has 1 amide bonds. The average Bonchev–Trinajstić information content (AvgIpc) is 3.06. The number of nitrogens with one attached hydrogen (secondary N) is 1. The highest BCUT2D eigenvalue weighted by Gasteiger charge is 2.18. The van der Waals surface area contributed by atoms with E-state index in [1.54, 1.807) is 24.3 Å². The summed E-state index contributed by atoms with van der Waals surface area (Å²) in [6.07, 6.45) is 1.54. The lowest BCUT2D eigenvalue weighted by Gasteiger charge is -2.20. The third-order valence-electron chi connectivity index (χ3n) is 4.08. The van der Waals surface area contributed by atoms with E-state index < -0.39 is 10.0 Å². The van der Waals surface area contributed by atoms with E-state index in [0.29, 0.717) is 12.3 Å². The first-order valence-electron chi connectivity index (χ1n) is 8.48. The van der Waals surface area contributed by atoms with Gasteiger partial charge in [-0.1, -0.05) is 32.9 Å². The van der Waals surface area contributed by atoms with Crippen molar-refractivity contribution in [3.05, 3.63) is 54.0 Å².